The Bertz CT molecular complexity index is 1110. The molecule has 1 atom stereocenters. The Hall–Kier alpha value is -3.14. The van der Waals surface area contributed by atoms with Crippen molar-refractivity contribution in [1.29, 1.82) is 0 Å². The summed E-state index contributed by atoms with van der Waals surface area (Å²) in [6.45, 7) is 6.16. The SMILES string of the molecule is COc1ccc(N(CC(=O)N(Cc2ccccc2F)[C@H](C)C(=O)NC(C)(C)C)S(C)(=O)=O)cc1. The number of ether oxygens (including phenoxy) is 1. The first-order chi connectivity index (χ1) is 15.7. The number of amides is 2. The molecule has 0 aliphatic heterocycles. The van der Waals surface area contributed by atoms with Crippen molar-refractivity contribution >= 4 is 27.5 Å². The van der Waals surface area contributed by atoms with Crippen LogP contribution in [0.25, 0.3) is 0 Å². The van der Waals surface area contributed by atoms with Gasteiger partial charge in [-0.2, -0.15) is 0 Å². The van der Waals surface area contributed by atoms with E-state index in [1.165, 1.54) is 49.3 Å². The maximum atomic E-state index is 14.4. The Labute approximate surface area is 200 Å². The fraction of sp³-hybridized carbons (Fsp3) is 0.417. The van der Waals surface area contributed by atoms with E-state index < -0.39 is 45.8 Å². The second kappa shape index (κ2) is 10.9. The van der Waals surface area contributed by atoms with Crippen LogP contribution in [0.2, 0.25) is 0 Å². The molecule has 0 aliphatic rings. The first kappa shape index (κ1) is 27.1. The first-order valence-corrected chi connectivity index (χ1v) is 12.5. The molecule has 2 amide bonds. The minimum absolute atomic E-state index is 0.204. The highest BCUT2D eigenvalue weighted by atomic mass is 32.2. The molecule has 0 spiro atoms. The van der Waals surface area contributed by atoms with Gasteiger partial charge in [-0.05, 0) is 58.0 Å². The molecule has 2 rings (SSSR count). The Morgan fingerprint density at radius 1 is 1.09 bits per heavy atom. The largest absolute Gasteiger partial charge is 0.497 e. The average Bonchev–Trinajstić information content (AvgIpc) is 2.74. The van der Waals surface area contributed by atoms with E-state index in [0.717, 1.165) is 10.6 Å². The molecular weight excluding hydrogens is 461 g/mol. The lowest BCUT2D eigenvalue weighted by molar-refractivity contribution is -0.140. The normalized spacial score (nSPS) is 12.6. The molecule has 34 heavy (non-hydrogen) atoms. The van der Waals surface area contributed by atoms with Crippen molar-refractivity contribution in [2.75, 3.05) is 24.2 Å². The molecule has 0 aromatic heterocycles. The number of benzene rings is 2. The van der Waals surface area contributed by atoms with Gasteiger partial charge in [0.15, 0.2) is 0 Å². The maximum Gasteiger partial charge on any atom is 0.244 e. The number of anilines is 1. The number of rotatable bonds is 9. The third-order valence-corrected chi connectivity index (χ3v) is 6.14. The summed E-state index contributed by atoms with van der Waals surface area (Å²) >= 11 is 0. The van der Waals surface area contributed by atoms with Crippen LogP contribution in [-0.2, 0) is 26.2 Å². The fourth-order valence-electron chi connectivity index (χ4n) is 3.23. The van der Waals surface area contributed by atoms with Crippen LogP contribution < -0.4 is 14.4 Å². The van der Waals surface area contributed by atoms with Gasteiger partial charge in [-0.25, -0.2) is 12.8 Å². The Morgan fingerprint density at radius 2 is 1.68 bits per heavy atom. The summed E-state index contributed by atoms with van der Waals surface area (Å²) in [5.74, 6) is -1.09. The molecule has 0 saturated heterocycles. The third kappa shape index (κ3) is 7.44. The topological polar surface area (TPSA) is 96.0 Å². The monoisotopic (exact) mass is 493 g/mol. The lowest BCUT2D eigenvalue weighted by Gasteiger charge is -2.33. The highest BCUT2D eigenvalue weighted by molar-refractivity contribution is 7.92. The summed E-state index contributed by atoms with van der Waals surface area (Å²) in [6.07, 6.45) is 0.988. The molecule has 0 bridgehead atoms. The van der Waals surface area contributed by atoms with Gasteiger partial charge >= 0.3 is 0 Å². The van der Waals surface area contributed by atoms with Gasteiger partial charge in [-0.15, -0.1) is 0 Å². The summed E-state index contributed by atoms with van der Waals surface area (Å²) < 4.78 is 45.5. The number of sulfonamides is 1. The van der Waals surface area contributed by atoms with E-state index in [-0.39, 0.29) is 17.8 Å². The van der Waals surface area contributed by atoms with Crippen molar-refractivity contribution < 1.29 is 27.1 Å². The van der Waals surface area contributed by atoms with E-state index >= 15 is 0 Å². The Kier molecular flexibility index (Phi) is 8.66. The number of halogens is 1. The van der Waals surface area contributed by atoms with E-state index in [1.54, 1.807) is 39.0 Å². The van der Waals surface area contributed by atoms with Crippen LogP contribution in [0.3, 0.4) is 0 Å². The van der Waals surface area contributed by atoms with Crippen LogP contribution in [0.5, 0.6) is 5.75 Å². The zero-order valence-electron chi connectivity index (χ0n) is 20.3. The summed E-state index contributed by atoms with van der Waals surface area (Å²) in [6, 6.07) is 11.1. The number of nitrogens with zero attached hydrogens (tertiary/aromatic N) is 2. The molecule has 0 radical (unpaired) electrons. The number of methoxy groups -OCH3 is 1. The molecule has 0 saturated carbocycles. The zero-order valence-corrected chi connectivity index (χ0v) is 21.1. The molecule has 10 heteroatoms. The minimum atomic E-state index is -3.85. The minimum Gasteiger partial charge on any atom is -0.497 e. The van der Waals surface area contributed by atoms with Crippen molar-refractivity contribution in [2.45, 2.75) is 45.8 Å². The second-order valence-corrected chi connectivity index (χ2v) is 10.9. The van der Waals surface area contributed by atoms with Crippen LogP contribution in [0.4, 0.5) is 10.1 Å². The summed E-state index contributed by atoms with van der Waals surface area (Å²) in [5, 5.41) is 2.81. The first-order valence-electron chi connectivity index (χ1n) is 10.7. The number of carbonyl (C=O) groups excluding carboxylic acids is 2. The lowest BCUT2D eigenvalue weighted by atomic mass is 10.1. The van der Waals surface area contributed by atoms with E-state index in [4.69, 9.17) is 4.74 Å². The predicted octanol–water partition coefficient (Wildman–Crippen LogP) is 2.93. The Balaban J connectivity index is 2.41. The number of nitrogens with one attached hydrogen (secondary N) is 1. The van der Waals surface area contributed by atoms with Crippen LogP contribution in [0.15, 0.2) is 48.5 Å². The summed E-state index contributed by atoms with van der Waals surface area (Å²) in [7, 11) is -2.37. The van der Waals surface area contributed by atoms with Crippen molar-refractivity contribution in [3.63, 3.8) is 0 Å². The highest BCUT2D eigenvalue weighted by Crippen LogP contribution is 2.22. The zero-order chi connectivity index (χ0) is 25.7. The van der Waals surface area contributed by atoms with E-state index in [1.807, 2.05) is 0 Å². The van der Waals surface area contributed by atoms with Crippen molar-refractivity contribution in [3.8, 4) is 5.75 Å². The molecule has 2 aromatic rings. The molecule has 1 N–H and O–H groups in total. The fourth-order valence-corrected chi connectivity index (χ4v) is 4.08. The maximum absolute atomic E-state index is 14.4. The molecule has 2 aromatic carbocycles. The Morgan fingerprint density at radius 3 is 2.18 bits per heavy atom. The predicted molar refractivity (Wildman–Crippen MR) is 129 cm³/mol. The second-order valence-electron chi connectivity index (χ2n) is 9.00. The van der Waals surface area contributed by atoms with Crippen LogP contribution in [-0.4, -0.2) is 56.6 Å². The summed E-state index contributed by atoms with van der Waals surface area (Å²) in [4.78, 5) is 27.5. The van der Waals surface area contributed by atoms with Gasteiger partial charge in [-0.3, -0.25) is 13.9 Å². The average molecular weight is 494 g/mol. The van der Waals surface area contributed by atoms with Gasteiger partial charge in [0.1, 0.15) is 24.2 Å². The standard InChI is InChI=1S/C24H32FN3O5S/c1-17(23(30)26-24(2,3)4)27(15-18-9-7-8-10-21(18)25)22(29)16-28(34(6,31)32)19-11-13-20(33-5)14-12-19/h7-14,17H,15-16H2,1-6H3,(H,26,30)/t17-/m1/s1. The van der Waals surface area contributed by atoms with Crippen LogP contribution in [0.1, 0.15) is 33.3 Å². The summed E-state index contributed by atoms with van der Waals surface area (Å²) in [5.41, 5.74) is -0.0872. The van der Waals surface area contributed by atoms with E-state index in [9.17, 15) is 22.4 Å². The van der Waals surface area contributed by atoms with E-state index in [0.29, 0.717) is 5.75 Å². The molecule has 186 valence electrons. The lowest BCUT2D eigenvalue weighted by Crippen LogP contribution is -2.54. The van der Waals surface area contributed by atoms with Crippen molar-refractivity contribution in [1.82, 2.24) is 10.2 Å². The van der Waals surface area contributed by atoms with Gasteiger partial charge in [0.05, 0.1) is 19.1 Å². The number of hydrogen-bond acceptors (Lipinski definition) is 5. The number of carbonyl (C=O) groups is 2. The molecule has 0 heterocycles. The van der Waals surface area contributed by atoms with Gasteiger partial charge in [0.25, 0.3) is 0 Å². The quantitative estimate of drug-likeness (QED) is 0.580. The third-order valence-electron chi connectivity index (χ3n) is 5.00. The van der Waals surface area contributed by atoms with Crippen molar-refractivity contribution in [2.24, 2.45) is 0 Å². The molecule has 0 aliphatic carbocycles. The molecule has 0 fully saturated rings. The van der Waals surface area contributed by atoms with Gasteiger partial charge in [0.2, 0.25) is 21.8 Å². The van der Waals surface area contributed by atoms with Gasteiger partial charge in [0, 0.05) is 17.6 Å². The van der Waals surface area contributed by atoms with Gasteiger partial charge < -0.3 is 15.0 Å². The smallest absolute Gasteiger partial charge is 0.244 e. The van der Waals surface area contributed by atoms with Crippen LogP contribution >= 0.6 is 0 Å². The molecule has 0 unspecified atom stereocenters. The van der Waals surface area contributed by atoms with Crippen molar-refractivity contribution in [3.05, 3.63) is 59.9 Å². The van der Waals surface area contributed by atoms with E-state index in [2.05, 4.69) is 5.32 Å². The number of hydrogen-bond donors (Lipinski definition) is 1. The van der Waals surface area contributed by atoms with Gasteiger partial charge in [-0.1, -0.05) is 18.2 Å². The highest BCUT2D eigenvalue weighted by Gasteiger charge is 2.31. The molecular formula is C24H32FN3O5S. The van der Waals surface area contributed by atoms with Crippen LogP contribution in [0, 0.1) is 5.82 Å². The molecule has 8 nitrogen and oxygen atoms in total.